The van der Waals surface area contributed by atoms with Crippen LogP contribution in [0.3, 0.4) is 0 Å². The van der Waals surface area contributed by atoms with Crippen molar-refractivity contribution in [2.75, 3.05) is 7.11 Å². The van der Waals surface area contributed by atoms with Crippen LogP contribution in [0.25, 0.3) is 11.0 Å². The Hall–Kier alpha value is -1.64. The highest BCUT2D eigenvalue weighted by Crippen LogP contribution is 2.31. The van der Waals surface area contributed by atoms with Crippen LogP contribution >= 0.6 is 0 Å². The predicted octanol–water partition coefficient (Wildman–Crippen LogP) is 4.23. The topological polar surface area (TPSA) is 35.0 Å². The van der Waals surface area contributed by atoms with Gasteiger partial charge in [0, 0.05) is 5.41 Å². The Morgan fingerprint density at radius 3 is 2.00 bits per heavy atom. The molecule has 2 aromatic rings. The Bertz CT molecular complexity index is 634. The molecule has 0 bridgehead atoms. The summed E-state index contributed by atoms with van der Waals surface area (Å²) in [5.74, 6) is 0.619. The molecule has 3 heteroatoms. The van der Waals surface area contributed by atoms with E-state index in [9.17, 15) is 0 Å². The molecule has 1 aromatic heterocycles. The molecule has 20 heavy (non-hydrogen) atoms. The first-order valence-electron chi connectivity index (χ1n) is 6.99. The predicted molar refractivity (Wildman–Crippen MR) is 83.5 cm³/mol. The minimum atomic E-state index is -0.0930. The minimum Gasteiger partial charge on any atom is -0.480 e. The molecule has 0 fully saturated rings. The minimum absolute atomic E-state index is 0.0930. The molecule has 0 aliphatic heterocycles. The van der Waals surface area contributed by atoms with Crippen LogP contribution in [-0.4, -0.2) is 17.1 Å². The van der Waals surface area contributed by atoms with Crippen molar-refractivity contribution in [1.29, 1.82) is 0 Å². The molecule has 0 amide bonds. The SMILES string of the molecule is COc1nc2ccc(C(C)(C)C)cc2nc1C(C)(C)C. The summed E-state index contributed by atoms with van der Waals surface area (Å²) in [5.41, 5.74) is 4.00. The van der Waals surface area contributed by atoms with Crippen LogP contribution in [0.5, 0.6) is 5.88 Å². The van der Waals surface area contributed by atoms with Gasteiger partial charge in [0.2, 0.25) is 5.88 Å². The largest absolute Gasteiger partial charge is 0.480 e. The second kappa shape index (κ2) is 4.72. The summed E-state index contributed by atoms with van der Waals surface area (Å²) in [4.78, 5) is 9.40. The monoisotopic (exact) mass is 272 g/mol. The number of rotatable bonds is 1. The molecule has 0 unspecified atom stereocenters. The molecule has 0 saturated heterocycles. The molecule has 0 aliphatic rings. The summed E-state index contributed by atoms with van der Waals surface area (Å²) in [6.45, 7) is 13.0. The average Bonchev–Trinajstić information content (AvgIpc) is 2.34. The maximum absolute atomic E-state index is 5.40. The van der Waals surface area contributed by atoms with Gasteiger partial charge in [-0.3, -0.25) is 0 Å². The molecule has 0 spiro atoms. The molecule has 3 nitrogen and oxygen atoms in total. The summed E-state index contributed by atoms with van der Waals surface area (Å²) in [6, 6.07) is 6.28. The molecule has 1 heterocycles. The summed E-state index contributed by atoms with van der Waals surface area (Å²) >= 11 is 0. The lowest BCUT2D eigenvalue weighted by Gasteiger charge is -2.22. The molecule has 0 radical (unpaired) electrons. The van der Waals surface area contributed by atoms with Gasteiger partial charge in [-0.15, -0.1) is 0 Å². The molecular weight excluding hydrogens is 248 g/mol. The zero-order valence-corrected chi connectivity index (χ0v) is 13.5. The van der Waals surface area contributed by atoms with Crippen molar-refractivity contribution in [3.63, 3.8) is 0 Å². The van der Waals surface area contributed by atoms with Crippen LogP contribution in [0.15, 0.2) is 18.2 Å². The number of fused-ring (bicyclic) bond motifs is 1. The van der Waals surface area contributed by atoms with Gasteiger partial charge in [0.15, 0.2) is 0 Å². The maximum Gasteiger partial charge on any atom is 0.236 e. The van der Waals surface area contributed by atoms with Crippen molar-refractivity contribution >= 4 is 11.0 Å². The number of nitrogens with zero attached hydrogens (tertiary/aromatic N) is 2. The fraction of sp³-hybridized carbons (Fsp3) is 0.529. The first-order valence-corrected chi connectivity index (χ1v) is 6.99. The molecule has 0 saturated carbocycles. The van der Waals surface area contributed by atoms with Gasteiger partial charge in [0.1, 0.15) is 5.69 Å². The average molecular weight is 272 g/mol. The zero-order chi connectivity index (χ0) is 15.1. The van der Waals surface area contributed by atoms with Crippen molar-refractivity contribution in [2.24, 2.45) is 0 Å². The van der Waals surface area contributed by atoms with E-state index in [0.717, 1.165) is 16.7 Å². The van der Waals surface area contributed by atoms with E-state index in [-0.39, 0.29) is 10.8 Å². The van der Waals surface area contributed by atoms with E-state index in [4.69, 9.17) is 9.72 Å². The standard InChI is InChI=1S/C17H24N2O/c1-16(2,3)11-8-9-12-13(10-11)18-14(17(4,5)6)15(19-12)20-7/h8-10H,1-7H3. The fourth-order valence-corrected chi connectivity index (χ4v) is 2.14. The van der Waals surface area contributed by atoms with Crippen LogP contribution in [0, 0.1) is 0 Å². The third kappa shape index (κ3) is 2.77. The van der Waals surface area contributed by atoms with Gasteiger partial charge >= 0.3 is 0 Å². The molecule has 0 N–H and O–H groups in total. The second-order valence-electron chi connectivity index (χ2n) is 7.28. The number of methoxy groups -OCH3 is 1. The van der Waals surface area contributed by atoms with Gasteiger partial charge in [-0.25, -0.2) is 9.97 Å². The third-order valence-electron chi connectivity index (χ3n) is 3.40. The first-order chi connectivity index (χ1) is 9.13. The normalized spacial score (nSPS) is 12.8. The molecule has 0 aliphatic carbocycles. The highest BCUT2D eigenvalue weighted by molar-refractivity contribution is 5.76. The van der Waals surface area contributed by atoms with Gasteiger partial charge < -0.3 is 4.74 Å². The van der Waals surface area contributed by atoms with Crippen LogP contribution in [0.4, 0.5) is 0 Å². The van der Waals surface area contributed by atoms with Crippen LogP contribution in [-0.2, 0) is 10.8 Å². The smallest absolute Gasteiger partial charge is 0.236 e. The van der Waals surface area contributed by atoms with Crippen molar-refractivity contribution in [2.45, 2.75) is 52.4 Å². The number of hydrogen-bond donors (Lipinski definition) is 0. The van der Waals surface area contributed by atoms with Crippen molar-refractivity contribution < 1.29 is 4.74 Å². The number of benzene rings is 1. The lowest BCUT2D eigenvalue weighted by Crippen LogP contribution is -2.17. The third-order valence-corrected chi connectivity index (χ3v) is 3.40. The van der Waals surface area contributed by atoms with E-state index in [2.05, 4.69) is 58.7 Å². The van der Waals surface area contributed by atoms with E-state index < -0.39 is 0 Å². The van der Waals surface area contributed by atoms with E-state index in [1.54, 1.807) is 7.11 Å². The summed E-state index contributed by atoms with van der Waals surface area (Å²) in [6.07, 6.45) is 0. The highest BCUT2D eigenvalue weighted by Gasteiger charge is 2.23. The fourth-order valence-electron chi connectivity index (χ4n) is 2.14. The highest BCUT2D eigenvalue weighted by atomic mass is 16.5. The van der Waals surface area contributed by atoms with E-state index >= 15 is 0 Å². The number of aromatic nitrogens is 2. The van der Waals surface area contributed by atoms with E-state index in [1.165, 1.54) is 5.56 Å². The zero-order valence-electron chi connectivity index (χ0n) is 13.5. The lowest BCUT2D eigenvalue weighted by atomic mass is 9.86. The Labute approximate surface area is 121 Å². The first kappa shape index (κ1) is 14.8. The van der Waals surface area contributed by atoms with Crippen molar-refractivity contribution in [3.05, 3.63) is 29.5 Å². The molecular formula is C17H24N2O. The second-order valence-corrected chi connectivity index (χ2v) is 7.28. The van der Waals surface area contributed by atoms with Crippen molar-refractivity contribution in [1.82, 2.24) is 9.97 Å². The van der Waals surface area contributed by atoms with Gasteiger partial charge in [-0.2, -0.15) is 0 Å². The molecule has 108 valence electrons. The molecule has 0 atom stereocenters. The summed E-state index contributed by atoms with van der Waals surface area (Å²) in [7, 11) is 1.65. The van der Waals surface area contributed by atoms with Gasteiger partial charge in [-0.1, -0.05) is 47.6 Å². The van der Waals surface area contributed by atoms with Gasteiger partial charge in [-0.05, 0) is 23.1 Å². The molecule has 1 aromatic carbocycles. The summed E-state index contributed by atoms with van der Waals surface area (Å²) in [5, 5.41) is 0. The maximum atomic E-state index is 5.40. The van der Waals surface area contributed by atoms with Crippen LogP contribution < -0.4 is 4.74 Å². The molecule has 2 rings (SSSR count). The van der Waals surface area contributed by atoms with E-state index in [1.807, 2.05) is 6.07 Å². The number of ether oxygens (including phenoxy) is 1. The van der Waals surface area contributed by atoms with E-state index in [0.29, 0.717) is 5.88 Å². The quantitative estimate of drug-likeness (QED) is 0.779. The van der Waals surface area contributed by atoms with Crippen LogP contribution in [0.1, 0.15) is 52.8 Å². The van der Waals surface area contributed by atoms with Gasteiger partial charge in [0.05, 0.1) is 18.1 Å². The Kier molecular flexibility index (Phi) is 3.49. The number of hydrogen-bond acceptors (Lipinski definition) is 3. The Morgan fingerprint density at radius 1 is 0.850 bits per heavy atom. The van der Waals surface area contributed by atoms with Gasteiger partial charge in [0.25, 0.3) is 0 Å². The van der Waals surface area contributed by atoms with Crippen LogP contribution in [0.2, 0.25) is 0 Å². The van der Waals surface area contributed by atoms with Crippen molar-refractivity contribution in [3.8, 4) is 5.88 Å². The Morgan fingerprint density at radius 2 is 1.50 bits per heavy atom. The lowest BCUT2D eigenvalue weighted by molar-refractivity contribution is 0.377. The Balaban J connectivity index is 2.70. The summed E-state index contributed by atoms with van der Waals surface area (Å²) < 4.78 is 5.40.